The van der Waals surface area contributed by atoms with Gasteiger partial charge in [0.2, 0.25) is 5.91 Å². The van der Waals surface area contributed by atoms with Gasteiger partial charge in [-0.25, -0.2) is 4.98 Å². The lowest BCUT2D eigenvalue weighted by atomic mass is 9.79. The zero-order valence-corrected chi connectivity index (χ0v) is 12.2. The maximum absolute atomic E-state index is 12.4. The van der Waals surface area contributed by atoms with E-state index in [1.807, 2.05) is 5.38 Å². The Bertz CT molecular complexity index is 549. The zero-order valence-electron chi connectivity index (χ0n) is 9.78. The van der Waals surface area contributed by atoms with Gasteiger partial charge in [-0.2, -0.15) is 0 Å². The first-order chi connectivity index (χ1) is 9.16. The van der Waals surface area contributed by atoms with Crippen LogP contribution in [0.2, 0.25) is 0 Å². The standard InChI is InChI=1S/C12H11BrN2O3S/c13-8-4-3-5-7(11(17)18-9(5)8)6(4)10(16)15-12-14-1-2-19-12/h1-2,4-9H,3H2,(H,14,15,16)/t4-,5-,6-,7-,8+,9+/m1/s1. The topological polar surface area (TPSA) is 68.3 Å². The Labute approximate surface area is 121 Å². The number of anilines is 1. The Hall–Kier alpha value is -0.950. The summed E-state index contributed by atoms with van der Waals surface area (Å²) in [6.07, 6.45) is 2.51. The Morgan fingerprint density at radius 1 is 1.53 bits per heavy atom. The van der Waals surface area contributed by atoms with Gasteiger partial charge in [-0.05, 0) is 12.3 Å². The lowest BCUT2D eigenvalue weighted by Gasteiger charge is -2.27. The lowest BCUT2D eigenvalue weighted by molar-refractivity contribution is -0.145. The van der Waals surface area contributed by atoms with Gasteiger partial charge in [0.05, 0.1) is 16.7 Å². The quantitative estimate of drug-likeness (QED) is 0.655. The Morgan fingerprint density at radius 3 is 3.11 bits per heavy atom. The van der Waals surface area contributed by atoms with Crippen LogP contribution in [0.1, 0.15) is 6.42 Å². The monoisotopic (exact) mass is 342 g/mol. The van der Waals surface area contributed by atoms with Crippen molar-refractivity contribution >= 4 is 44.3 Å². The van der Waals surface area contributed by atoms with Crippen LogP contribution in [0.4, 0.5) is 5.13 Å². The van der Waals surface area contributed by atoms with Crippen molar-refractivity contribution in [2.75, 3.05) is 5.32 Å². The van der Waals surface area contributed by atoms with Crippen molar-refractivity contribution < 1.29 is 14.3 Å². The normalized spacial score (nSPS) is 42.5. The van der Waals surface area contributed by atoms with E-state index in [1.165, 1.54) is 11.3 Å². The number of alkyl halides is 1. The van der Waals surface area contributed by atoms with Crippen molar-refractivity contribution in [1.82, 2.24) is 4.98 Å². The van der Waals surface area contributed by atoms with Gasteiger partial charge in [-0.1, -0.05) is 15.9 Å². The maximum atomic E-state index is 12.4. The van der Waals surface area contributed by atoms with Gasteiger partial charge >= 0.3 is 5.97 Å². The number of carbonyl (C=O) groups excluding carboxylic acids is 2. The molecular formula is C12H11BrN2O3S. The summed E-state index contributed by atoms with van der Waals surface area (Å²) in [5.74, 6) is -0.471. The number of rotatable bonds is 2. The first-order valence-electron chi connectivity index (χ1n) is 6.22. The van der Waals surface area contributed by atoms with Crippen LogP contribution in [0.3, 0.4) is 0 Å². The van der Waals surface area contributed by atoms with Crippen molar-refractivity contribution in [2.24, 2.45) is 23.7 Å². The van der Waals surface area contributed by atoms with Crippen LogP contribution < -0.4 is 5.32 Å². The van der Waals surface area contributed by atoms with Gasteiger partial charge < -0.3 is 10.1 Å². The van der Waals surface area contributed by atoms with Crippen LogP contribution in [-0.4, -0.2) is 27.8 Å². The van der Waals surface area contributed by atoms with E-state index in [2.05, 4.69) is 26.2 Å². The number of halogens is 1. The zero-order chi connectivity index (χ0) is 13.1. The fourth-order valence-electron chi connectivity index (χ4n) is 3.80. The van der Waals surface area contributed by atoms with Crippen LogP contribution in [-0.2, 0) is 14.3 Å². The van der Waals surface area contributed by atoms with Gasteiger partial charge in [0.15, 0.2) is 5.13 Å². The number of hydrogen-bond acceptors (Lipinski definition) is 5. The maximum Gasteiger partial charge on any atom is 0.310 e. The van der Waals surface area contributed by atoms with Crippen molar-refractivity contribution in [3.8, 4) is 0 Å². The van der Waals surface area contributed by atoms with E-state index in [4.69, 9.17) is 4.74 Å². The highest BCUT2D eigenvalue weighted by atomic mass is 79.9. The van der Waals surface area contributed by atoms with Crippen LogP contribution >= 0.6 is 27.3 Å². The van der Waals surface area contributed by atoms with E-state index in [9.17, 15) is 9.59 Å². The molecule has 6 atom stereocenters. The molecule has 5 nitrogen and oxygen atoms in total. The number of carbonyl (C=O) groups is 2. The number of fused-ring (bicyclic) bond motifs is 1. The first kappa shape index (κ1) is 11.8. The molecule has 7 heteroatoms. The average molecular weight is 343 g/mol. The van der Waals surface area contributed by atoms with Crippen molar-refractivity contribution in [2.45, 2.75) is 17.4 Å². The van der Waals surface area contributed by atoms with Crippen LogP contribution in [0.15, 0.2) is 11.6 Å². The molecule has 2 saturated carbocycles. The molecule has 1 N–H and O–H groups in total. The molecule has 4 rings (SSSR count). The molecule has 2 aliphatic carbocycles. The highest BCUT2D eigenvalue weighted by molar-refractivity contribution is 9.09. The number of hydrogen-bond donors (Lipinski definition) is 1. The number of thiazole rings is 1. The molecular weight excluding hydrogens is 332 g/mol. The molecule has 19 heavy (non-hydrogen) atoms. The summed E-state index contributed by atoms with van der Waals surface area (Å²) < 4.78 is 5.39. The van der Waals surface area contributed by atoms with Gasteiger partial charge in [-0.15, -0.1) is 11.3 Å². The molecule has 1 amide bonds. The predicted molar refractivity (Wildman–Crippen MR) is 71.9 cm³/mol. The van der Waals surface area contributed by atoms with Crippen LogP contribution in [0.25, 0.3) is 0 Å². The molecule has 0 unspecified atom stereocenters. The van der Waals surface area contributed by atoms with Crippen LogP contribution in [0, 0.1) is 23.7 Å². The summed E-state index contributed by atoms with van der Waals surface area (Å²) in [5, 5.41) is 5.21. The smallest absolute Gasteiger partial charge is 0.310 e. The first-order valence-corrected chi connectivity index (χ1v) is 8.01. The number of aromatic nitrogens is 1. The molecule has 100 valence electrons. The second kappa shape index (κ2) is 4.02. The van der Waals surface area contributed by atoms with Gasteiger partial charge in [0.1, 0.15) is 6.10 Å². The highest BCUT2D eigenvalue weighted by Gasteiger charge is 2.67. The molecule has 1 aliphatic heterocycles. The molecule has 1 saturated heterocycles. The minimum absolute atomic E-state index is 0.0357. The summed E-state index contributed by atoms with van der Waals surface area (Å²) >= 11 is 4.97. The second-order valence-electron chi connectivity index (χ2n) is 5.29. The number of nitrogens with zero attached hydrogens (tertiary/aromatic N) is 1. The third-order valence-corrected chi connectivity index (χ3v) is 6.38. The van der Waals surface area contributed by atoms with E-state index in [-0.39, 0.29) is 46.5 Å². The number of ether oxygens (including phenoxy) is 1. The third kappa shape index (κ3) is 1.54. The molecule has 1 aromatic heterocycles. The van der Waals surface area contributed by atoms with Crippen molar-refractivity contribution in [3.63, 3.8) is 0 Å². The molecule has 3 fully saturated rings. The molecule has 0 aromatic carbocycles. The van der Waals surface area contributed by atoms with Gasteiger partial charge in [0.25, 0.3) is 0 Å². The highest BCUT2D eigenvalue weighted by Crippen LogP contribution is 2.60. The van der Waals surface area contributed by atoms with Crippen molar-refractivity contribution in [1.29, 1.82) is 0 Å². The summed E-state index contributed by atoms with van der Waals surface area (Å²) in [7, 11) is 0. The largest absolute Gasteiger partial charge is 0.461 e. The summed E-state index contributed by atoms with van der Waals surface area (Å²) in [6, 6.07) is 0. The molecule has 0 radical (unpaired) electrons. The Balaban J connectivity index is 1.61. The minimum atomic E-state index is -0.287. The molecule has 1 aromatic rings. The fraction of sp³-hybridized carbons (Fsp3) is 0.583. The van der Waals surface area contributed by atoms with Crippen LogP contribution in [0.5, 0.6) is 0 Å². The van der Waals surface area contributed by atoms with Gasteiger partial charge in [-0.3, -0.25) is 9.59 Å². The Kier molecular flexibility index (Phi) is 2.51. The molecule has 0 spiro atoms. The summed E-state index contributed by atoms with van der Waals surface area (Å²) in [6.45, 7) is 0. The van der Waals surface area contributed by atoms with E-state index < -0.39 is 0 Å². The van der Waals surface area contributed by atoms with E-state index in [1.54, 1.807) is 6.20 Å². The SMILES string of the molecule is O=C(Nc1nccs1)[C@@H]1[C@H]2C[C@H]3[C@H](OC(=O)[C@H]31)[C@H]2Br. The van der Waals surface area contributed by atoms with E-state index >= 15 is 0 Å². The molecule has 3 aliphatic rings. The third-order valence-electron chi connectivity index (χ3n) is 4.49. The van der Waals surface area contributed by atoms with E-state index in [0.717, 1.165) is 6.42 Å². The lowest BCUT2D eigenvalue weighted by Crippen LogP contribution is -2.40. The summed E-state index contributed by atoms with van der Waals surface area (Å²) in [5.41, 5.74) is 0. The van der Waals surface area contributed by atoms with Gasteiger partial charge in [0, 0.05) is 17.5 Å². The number of esters is 1. The number of nitrogens with one attached hydrogen (secondary N) is 1. The number of amides is 1. The van der Waals surface area contributed by atoms with Crippen molar-refractivity contribution in [3.05, 3.63) is 11.6 Å². The second-order valence-corrected chi connectivity index (χ2v) is 7.24. The summed E-state index contributed by atoms with van der Waals surface area (Å²) in [4.78, 5) is 28.5. The average Bonchev–Trinajstić information content (AvgIpc) is 3.07. The fourth-order valence-corrected chi connectivity index (χ4v) is 5.38. The molecule has 2 bridgehead atoms. The molecule has 2 heterocycles. The Morgan fingerprint density at radius 2 is 2.37 bits per heavy atom. The minimum Gasteiger partial charge on any atom is -0.461 e. The van der Waals surface area contributed by atoms with E-state index in [0.29, 0.717) is 5.13 Å². The predicted octanol–water partition coefficient (Wildman–Crippen LogP) is 1.65.